The van der Waals surface area contributed by atoms with E-state index in [1.807, 2.05) is 12.1 Å². The Kier molecular flexibility index (Phi) is 9.41. The standard InChI is InChI=1S/C41H41N3O2S2/c1-5-47-37-27-33(45-3)21-23-35(37)42-39(47)25-19-29-17-18-30(20-26-40-43-36-24-22-34(46-4)28-38(36)48(40)6-2)41(29)44(31-13-9-7-10-14-31)32-15-11-8-12-16-32/h7-16,19-28,42H,5-6,17-18H2,1-4H3/q+2. The third-order valence-electron chi connectivity index (χ3n) is 8.86. The lowest BCUT2D eigenvalue weighted by Crippen LogP contribution is -2.17. The van der Waals surface area contributed by atoms with Gasteiger partial charge in [-0.15, -0.1) is 0 Å². The highest BCUT2D eigenvalue weighted by Gasteiger charge is 2.37. The molecule has 0 saturated heterocycles. The van der Waals surface area contributed by atoms with E-state index in [4.69, 9.17) is 14.5 Å². The lowest BCUT2D eigenvalue weighted by molar-refractivity contribution is 0.414. The van der Waals surface area contributed by atoms with Gasteiger partial charge in [-0.1, -0.05) is 42.5 Å². The molecule has 1 aromatic heterocycles. The van der Waals surface area contributed by atoms with Crippen LogP contribution in [0.1, 0.15) is 31.7 Å². The first kappa shape index (κ1) is 31.9. The Morgan fingerprint density at radius 3 is 2.12 bits per heavy atom. The van der Waals surface area contributed by atoms with Gasteiger partial charge in [0.05, 0.1) is 36.5 Å². The second-order valence-corrected chi connectivity index (χ2v) is 16.0. The van der Waals surface area contributed by atoms with Crippen LogP contribution in [0.2, 0.25) is 0 Å². The van der Waals surface area contributed by atoms with Gasteiger partial charge in [-0.25, -0.2) is 0 Å². The summed E-state index contributed by atoms with van der Waals surface area (Å²) >= 11 is 0. The topological polar surface area (TPSA) is 46.6 Å². The Hall–Kier alpha value is -4.72. The maximum absolute atomic E-state index is 5.56. The number of nitrogens with one attached hydrogen (secondary N) is 1. The molecular formula is C41H41N3O2S2+2. The monoisotopic (exact) mass is 671 g/mol. The number of benzene rings is 4. The van der Waals surface area contributed by atoms with Gasteiger partial charge >= 0.3 is 0 Å². The SMILES string of the molecule is CC[S+]1C(=CC=C2CCC(C=Cc3nc4ccc(OC)cc4[s+]3CC)=C2N(c2ccccc2)c2ccccc2)Nc2ccc(OC)cc21. The predicted octanol–water partition coefficient (Wildman–Crippen LogP) is 10.8. The first-order chi connectivity index (χ1) is 23.6. The molecule has 2 unspecified atom stereocenters. The normalized spacial score (nSPS) is 17.8. The van der Waals surface area contributed by atoms with Crippen LogP contribution >= 0.6 is 10.5 Å². The summed E-state index contributed by atoms with van der Waals surface area (Å²) in [5.74, 6) is 3.83. The number of aryl methyl sites for hydroxylation is 1. The largest absolute Gasteiger partial charge is 0.497 e. The summed E-state index contributed by atoms with van der Waals surface area (Å²) < 4.78 is 12.4. The quantitative estimate of drug-likeness (QED) is 0.150. The molecule has 0 saturated carbocycles. The number of rotatable bonds is 10. The highest BCUT2D eigenvalue weighted by atomic mass is 32.2. The predicted molar refractivity (Wildman–Crippen MR) is 206 cm³/mol. The molecule has 2 heterocycles. The number of methoxy groups -OCH3 is 2. The zero-order valence-corrected chi connectivity index (χ0v) is 29.5. The van der Waals surface area contributed by atoms with Crippen LogP contribution < -0.4 is 19.7 Å². The molecule has 2 atom stereocenters. The average molecular weight is 672 g/mol. The first-order valence-electron chi connectivity index (χ1n) is 16.5. The summed E-state index contributed by atoms with van der Waals surface area (Å²) in [6, 6.07) is 34.0. The number of para-hydroxylation sites is 2. The summed E-state index contributed by atoms with van der Waals surface area (Å²) in [6.45, 7) is 4.51. The van der Waals surface area contributed by atoms with Crippen LogP contribution in [-0.2, 0) is 16.6 Å². The number of allylic oxidation sites excluding steroid dienone is 5. The van der Waals surface area contributed by atoms with Gasteiger partial charge < -0.3 is 19.7 Å². The van der Waals surface area contributed by atoms with E-state index in [0.717, 1.165) is 57.7 Å². The Morgan fingerprint density at radius 1 is 0.771 bits per heavy atom. The van der Waals surface area contributed by atoms with Gasteiger partial charge in [-0.05, 0) is 92.4 Å². The van der Waals surface area contributed by atoms with Gasteiger partial charge in [0.1, 0.15) is 28.5 Å². The van der Waals surface area contributed by atoms with Crippen molar-refractivity contribution in [2.75, 3.05) is 30.2 Å². The fourth-order valence-corrected chi connectivity index (χ4v) is 10.4. The molecule has 0 fully saturated rings. The van der Waals surface area contributed by atoms with Crippen LogP contribution in [0.3, 0.4) is 0 Å². The van der Waals surface area contributed by atoms with Crippen molar-refractivity contribution in [3.63, 3.8) is 0 Å². The zero-order valence-electron chi connectivity index (χ0n) is 27.9. The molecule has 7 rings (SSSR count). The molecular weight excluding hydrogens is 631 g/mol. The molecule has 48 heavy (non-hydrogen) atoms. The number of nitrogens with zero attached hydrogens (tertiary/aromatic N) is 2. The smallest absolute Gasteiger partial charge is 0.267 e. The minimum atomic E-state index is -0.0872. The number of hydrogen-bond acceptors (Lipinski definition) is 5. The van der Waals surface area contributed by atoms with Gasteiger partial charge in [0, 0.05) is 46.1 Å². The fourth-order valence-electron chi connectivity index (χ4n) is 6.54. The van der Waals surface area contributed by atoms with Crippen molar-refractivity contribution < 1.29 is 9.47 Å². The van der Waals surface area contributed by atoms with Crippen molar-refractivity contribution in [1.29, 1.82) is 0 Å². The third kappa shape index (κ3) is 6.16. The molecule has 0 bridgehead atoms. The van der Waals surface area contributed by atoms with Crippen LogP contribution in [0.5, 0.6) is 11.5 Å². The van der Waals surface area contributed by atoms with Crippen LogP contribution in [-0.4, -0.2) is 25.0 Å². The van der Waals surface area contributed by atoms with E-state index in [9.17, 15) is 0 Å². The molecule has 5 nitrogen and oxygen atoms in total. The highest BCUT2D eigenvalue weighted by Crippen LogP contribution is 2.44. The summed E-state index contributed by atoms with van der Waals surface area (Å²) in [6.07, 6.45) is 11.2. The number of anilines is 3. The minimum absolute atomic E-state index is 0.0358. The van der Waals surface area contributed by atoms with E-state index in [1.165, 1.54) is 37.2 Å². The van der Waals surface area contributed by atoms with E-state index >= 15 is 0 Å². The van der Waals surface area contributed by atoms with Gasteiger partial charge in [0.2, 0.25) is 9.73 Å². The van der Waals surface area contributed by atoms with Crippen LogP contribution in [0.15, 0.2) is 142 Å². The number of hydrogen-bond donors (Lipinski definition) is 1. The minimum Gasteiger partial charge on any atom is -0.497 e. The summed E-state index contributed by atoms with van der Waals surface area (Å²) in [5.41, 5.74) is 8.38. The molecule has 1 N–H and O–H groups in total. The van der Waals surface area contributed by atoms with Crippen molar-refractivity contribution in [3.8, 4) is 11.5 Å². The summed E-state index contributed by atoms with van der Waals surface area (Å²) in [5, 5.41) is 6.11. The molecule has 1 aliphatic heterocycles. The molecule has 0 spiro atoms. The second kappa shape index (κ2) is 14.2. The van der Waals surface area contributed by atoms with Crippen LogP contribution in [0, 0.1) is 0 Å². The van der Waals surface area contributed by atoms with Crippen molar-refractivity contribution in [3.05, 3.63) is 142 Å². The van der Waals surface area contributed by atoms with Crippen LogP contribution in [0.25, 0.3) is 16.3 Å². The highest BCUT2D eigenvalue weighted by molar-refractivity contribution is 8.01. The van der Waals surface area contributed by atoms with E-state index in [-0.39, 0.29) is 21.4 Å². The molecule has 4 aromatic carbocycles. The Bertz CT molecular complexity index is 2020. The maximum Gasteiger partial charge on any atom is 0.267 e. The van der Waals surface area contributed by atoms with Crippen molar-refractivity contribution in [2.24, 2.45) is 0 Å². The van der Waals surface area contributed by atoms with E-state index in [2.05, 4.69) is 133 Å². The van der Waals surface area contributed by atoms with Crippen LogP contribution in [0.4, 0.5) is 17.1 Å². The maximum atomic E-state index is 5.56. The number of fused-ring (bicyclic) bond motifs is 2. The fraction of sp³-hybridized carbons (Fsp3) is 0.195. The Balaban J connectivity index is 1.35. The van der Waals surface area contributed by atoms with E-state index in [1.54, 1.807) is 14.2 Å². The lowest BCUT2D eigenvalue weighted by Gasteiger charge is -2.28. The molecule has 2 aliphatic rings. The average Bonchev–Trinajstić information content (AvgIpc) is 3.82. The Labute approximate surface area is 289 Å². The zero-order chi connectivity index (χ0) is 33.0. The molecule has 7 heteroatoms. The molecule has 242 valence electrons. The molecule has 0 amide bonds. The van der Waals surface area contributed by atoms with Gasteiger partial charge in [-0.2, -0.15) is 4.98 Å². The van der Waals surface area contributed by atoms with Crippen molar-refractivity contribution in [2.45, 2.75) is 37.3 Å². The molecule has 0 radical (unpaired) electrons. The van der Waals surface area contributed by atoms with Crippen molar-refractivity contribution >= 4 is 54.7 Å². The lowest BCUT2D eigenvalue weighted by atomic mass is 10.1. The number of thiazole rings is 1. The number of ether oxygens (including phenoxy) is 2. The van der Waals surface area contributed by atoms with Gasteiger partial charge in [0.15, 0.2) is 4.90 Å². The summed E-state index contributed by atoms with van der Waals surface area (Å²) in [7, 11) is 3.34. The second-order valence-electron chi connectivity index (χ2n) is 11.6. The van der Waals surface area contributed by atoms with Gasteiger partial charge in [0.25, 0.3) is 5.01 Å². The van der Waals surface area contributed by atoms with Crippen molar-refractivity contribution in [1.82, 2.24) is 4.98 Å². The number of aromatic nitrogens is 1. The van der Waals surface area contributed by atoms with Gasteiger partial charge in [-0.3, -0.25) is 0 Å². The molecule has 5 aromatic rings. The molecule has 1 aliphatic carbocycles. The third-order valence-corrected chi connectivity index (χ3v) is 13.2. The Morgan fingerprint density at radius 2 is 1.46 bits per heavy atom. The first-order valence-corrected chi connectivity index (χ1v) is 19.3. The van der Waals surface area contributed by atoms with E-state index in [0.29, 0.717) is 0 Å². The van der Waals surface area contributed by atoms with E-state index < -0.39 is 0 Å². The summed E-state index contributed by atoms with van der Waals surface area (Å²) in [4.78, 5) is 8.84.